The molecule has 0 aliphatic heterocycles. The highest BCUT2D eigenvalue weighted by molar-refractivity contribution is 6.31. The summed E-state index contributed by atoms with van der Waals surface area (Å²) < 4.78 is 18.4. The summed E-state index contributed by atoms with van der Waals surface area (Å²) in [4.78, 5) is 0. The normalized spacial score (nSPS) is 12.4. The van der Waals surface area contributed by atoms with Gasteiger partial charge in [-0.1, -0.05) is 48.0 Å². The van der Waals surface area contributed by atoms with E-state index in [-0.39, 0.29) is 11.4 Å². The van der Waals surface area contributed by atoms with E-state index in [2.05, 4.69) is 0 Å². The lowest BCUT2D eigenvalue weighted by molar-refractivity contribution is 0.177. The van der Waals surface area contributed by atoms with Gasteiger partial charge in [-0.2, -0.15) is 0 Å². The SMILES string of the molecule is COCc1ccc(C(O)Cc2cccc(F)c2Cl)cc1. The third-order valence-corrected chi connectivity index (χ3v) is 3.54. The molecule has 20 heavy (non-hydrogen) atoms. The van der Waals surface area contributed by atoms with Crippen LogP contribution in [-0.4, -0.2) is 12.2 Å². The number of benzene rings is 2. The Labute approximate surface area is 122 Å². The van der Waals surface area contributed by atoms with Crippen LogP contribution in [0, 0.1) is 5.82 Å². The highest BCUT2D eigenvalue weighted by Crippen LogP contribution is 2.25. The number of hydrogen-bond acceptors (Lipinski definition) is 2. The number of rotatable bonds is 5. The largest absolute Gasteiger partial charge is 0.388 e. The smallest absolute Gasteiger partial charge is 0.142 e. The Hall–Kier alpha value is -1.42. The summed E-state index contributed by atoms with van der Waals surface area (Å²) in [5.74, 6) is -0.466. The van der Waals surface area contributed by atoms with Gasteiger partial charge in [0.05, 0.1) is 17.7 Å². The summed E-state index contributed by atoms with van der Waals surface area (Å²) in [6.45, 7) is 0.534. The van der Waals surface area contributed by atoms with Gasteiger partial charge < -0.3 is 9.84 Å². The van der Waals surface area contributed by atoms with E-state index in [1.165, 1.54) is 6.07 Å². The van der Waals surface area contributed by atoms with Crippen molar-refractivity contribution < 1.29 is 14.2 Å². The van der Waals surface area contributed by atoms with Crippen LogP contribution < -0.4 is 0 Å². The van der Waals surface area contributed by atoms with Gasteiger partial charge in [0.25, 0.3) is 0 Å². The fourth-order valence-electron chi connectivity index (χ4n) is 2.03. The molecule has 0 aliphatic rings. The van der Waals surface area contributed by atoms with Crippen molar-refractivity contribution in [3.8, 4) is 0 Å². The van der Waals surface area contributed by atoms with Crippen LogP contribution in [0.25, 0.3) is 0 Å². The van der Waals surface area contributed by atoms with E-state index in [1.807, 2.05) is 24.3 Å². The van der Waals surface area contributed by atoms with Crippen molar-refractivity contribution in [3.05, 3.63) is 70.0 Å². The Bertz CT molecular complexity index is 569. The molecule has 0 aliphatic carbocycles. The zero-order valence-electron chi connectivity index (χ0n) is 11.1. The molecule has 0 fully saturated rings. The molecule has 1 unspecified atom stereocenters. The Kier molecular flexibility index (Phi) is 5.12. The van der Waals surface area contributed by atoms with Crippen molar-refractivity contribution in [3.63, 3.8) is 0 Å². The van der Waals surface area contributed by atoms with Gasteiger partial charge in [0.1, 0.15) is 5.82 Å². The van der Waals surface area contributed by atoms with Crippen molar-refractivity contribution in [1.82, 2.24) is 0 Å². The van der Waals surface area contributed by atoms with Crippen LogP contribution in [0.3, 0.4) is 0 Å². The Morgan fingerprint density at radius 3 is 2.55 bits per heavy atom. The molecular formula is C16H16ClFO2. The monoisotopic (exact) mass is 294 g/mol. The summed E-state index contributed by atoms with van der Waals surface area (Å²) in [6, 6.07) is 12.1. The average molecular weight is 295 g/mol. The van der Waals surface area contributed by atoms with Crippen molar-refractivity contribution in [1.29, 1.82) is 0 Å². The number of methoxy groups -OCH3 is 1. The van der Waals surface area contributed by atoms with Gasteiger partial charge in [-0.15, -0.1) is 0 Å². The second kappa shape index (κ2) is 6.84. The molecule has 1 N–H and O–H groups in total. The topological polar surface area (TPSA) is 29.5 Å². The maximum atomic E-state index is 13.3. The van der Waals surface area contributed by atoms with Crippen LogP contribution in [0.5, 0.6) is 0 Å². The van der Waals surface area contributed by atoms with Gasteiger partial charge >= 0.3 is 0 Å². The van der Waals surface area contributed by atoms with Gasteiger partial charge in [-0.05, 0) is 22.8 Å². The van der Waals surface area contributed by atoms with E-state index in [1.54, 1.807) is 19.2 Å². The predicted molar refractivity (Wildman–Crippen MR) is 77.2 cm³/mol. The summed E-state index contributed by atoms with van der Waals surface area (Å²) in [5, 5.41) is 10.3. The number of aliphatic hydroxyl groups excluding tert-OH is 1. The molecule has 0 amide bonds. The minimum atomic E-state index is -0.717. The third kappa shape index (κ3) is 3.57. The first-order valence-electron chi connectivity index (χ1n) is 6.30. The van der Waals surface area contributed by atoms with Crippen LogP contribution in [0.1, 0.15) is 22.8 Å². The Morgan fingerprint density at radius 2 is 1.90 bits per heavy atom. The minimum absolute atomic E-state index is 0.0718. The summed E-state index contributed by atoms with van der Waals surface area (Å²) in [5.41, 5.74) is 2.40. The number of hydrogen-bond donors (Lipinski definition) is 1. The quantitative estimate of drug-likeness (QED) is 0.906. The molecule has 2 aromatic carbocycles. The summed E-state index contributed by atoms with van der Waals surface area (Å²) in [7, 11) is 1.63. The van der Waals surface area contributed by atoms with Crippen molar-refractivity contribution in [2.45, 2.75) is 19.1 Å². The van der Waals surface area contributed by atoms with Crippen LogP contribution in [0.2, 0.25) is 5.02 Å². The molecule has 1 atom stereocenters. The van der Waals surface area contributed by atoms with E-state index in [0.717, 1.165) is 11.1 Å². The molecule has 106 valence electrons. The van der Waals surface area contributed by atoms with Gasteiger partial charge in [0, 0.05) is 13.5 Å². The van der Waals surface area contributed by atoms with Crippen molar-refractivity contribution in [2.24, 2.45) is 0 Å². The summed E-state index contributed by atoms with van der Waals surface area (Å²) in [6.07, 6.45) is -0.439. The number of aliphatic hydroxyl groups is 1. The third-order valence-electron chi connectivity index (χ3n) is 3.12. The maximum Gasteiger partial charge on any atom is 0.142 e. The van der Waals surface area contributed by atoms with Gasteiger partial charge in [0.15, 0.2) is 0 Å². The summed E-state index contributed by atoms with van der Waals surface area (Å²) >= 11 is 5.89. The van der Waals surface area contributed by atoms with Crippen molar-refractivity contribution >= 4 is 11.6 Å². The molecule has 0 heterocycles. The van der Waals surface area contributed by atoms with Crippen LogP contribution in [0.15, 0.2) is 42.5 Å². The van der Waals surface area contributed by atoms with Crippen molar-refractivity contribution in [2.75, 3.05) is 7.11 Å². The highest BCUT2D eigenvalue weighted by atomic mass is 35.5. The molecule has 4 heteroatoms. The van der Waals surface area contributed by atoms with E-state index in [9.17, 15) is 9.50 Å². The van der Waals surface area contributed by atoms with Gasteiger partial charge in [-0.3, -0.25) is 0 Å². The molecule has 0 aromatic heterocycles. The Balaban J connectivity index is 2.11. The molecule has 2 nitrogen and oxygen atoms in total. The average Bonchev–Trinajstić information content (AvgIpc) is 2.45. The maximum absolute atomic E-state index is 13.3. The number of halogens is 2. The van der Waals surface area contributed by atoms with E-state index in [4.69, 9.17) is 16.3 Å². The highest BCUT2D eigenvalue weighted by Gasteiger charge is 2.13. The van der Waals surface area contributed by atoms with Gasteiger partial charge in [-0.25, -0.2) is 4.39 Å². The predicted octanol–water partition coefficient (Wildman–Crippen LogP) is 3.90. The van der Waals surface area contributed by atoms with E-state index >= 15 is 0 Å². The van der Waals surface area contributed by atoms with E-state index in [0.29, 0.717) is 12.2 Å². The molecule has 0 radical (unpaired) electrons. The first kappa shape index (κ1) is 15.0. The first-order valence-corrected chi connectivity index (χ1v) is 6.68. The lowest BCUT2D eigenvalue weighted by Crippen LogP contribution is -2.03. The Morgan fingerprint density at radius 1 is 1.20 bits per heavy atom. The first-order chi connectivity index (χ1) is 9.61. The van der Waals surface area contributed by atoms with Crippen LogP contribution in [0.4, 0.5) is 4.39 Å². The fraction of sp³-hybridized carbons (Fsp3) is 0.250. The lowest BCUT2D eigenvalue weighted by atomic mass is 10.0. The zero-order valence-corrected chi connectivity index (χ0v) is 11.9. The molecule has 0 bridgehead atoms. The van der Waals surface area contributed by atoms with Crippen LogP contribution in [-0.2, 0) is 17.8 Å². The molecule has 0 spiro atoms. The minimum Gasteiger partial charge on any atom is -0.388 e. The lowest BCUT2D eigenvalue weighted by Gasteiger charge is -2.13. The second-order valence-electron chi connectivity index (χ2n) is 4.61. The molecule has 0 saturated carbocycles. The second-order valence-corrected chi connectivity index (χ2v) is 4.99. The zero-order chi connectivity index (χ0) is 14.5. The van der Waals surface area contributed by atoms with Gasteiger partial charge in [0.2, 0.25) is 0 Å². The molecule has 0 saturated heterocycles. The van der Waals surface area contributed by atoms with Crippen LogP contribution >= 0.6 is 11.6 Å². The molecule has 2 aromatic rings. The standard InChI is InChI=1S/C16H16ClFO2/c1-20-10-11-5-7-12(8-6-11)15(19)9-13-3-2-4-14(18)16(13)17/h2-8,15,19H,9-10H2,1H3. The number of ether oxygens (including phenoxy) is 1. The molecule has 2 rings (SSSR count). The fourth-order valence-corrected chi connectivity index (χ4v) is 2.24. The van der Waals surface area contributed by atoms with E-state index < -0.39 is 11.9 Å². The molecular weight excluding hydrogens is 279 g/mol.